The molecule has 0 radical (unpaired) electrons. The van der Waals surface area contributed by atoms with E-state index in [1.165, 1.54) is 32.1 Å². The zero-order chi connectivity index (χ0) is 20.9. The number of hydrogen-bond acceptors (Lipinski definition) is 2. The van der Waals surface area contributed by atoms with Gasteiger partial charge in [0.25, 0.3) is 0 Å². The molecular weight excluding hydrogens is 356 g/mol. The fourth-order valence-corrected chi connectivity index (χ4v) is 8.68. The highest BCUT2D eigenvalue weighted by atomic mass is 16.3. The Kier molecular flexibility index (Phi) is 6.26. The van der Waals surface area contributed by atoms with Gasteiger partial charge in [-0.3, -0.25) is 0 Å². The molecule has 2 heteroatoms. The van der Waals surface area contributed by atoms with E-state index < -0.39 is 0 Å². The van der Waals surface area contributed by atoms with Crippen LogP contribution >= 0.6 is 0 Å². The molecule has 0 aromatic carbocycles. The molecule has 0 aromatic heterocycles. The van der Waals surface area contributed by atoms with E-state index in [0.717, 1.165) is 49.4 Å². The third kappa shape index (κ3) is 3.86. The SMILES string of the molecule is CC(C)CCC(O)[C@@H](C)C1CCC2C3CC=C4C[C@@H](O)C[C@@H](C)C4C3CC[C@@]21C. The van der Waals surface area contributed by atoms with Gasteiger partial charge in [-0.1, -0.05) is 46.3 Å². The molecule has 10 atom stereocenters. The molecule has 0 heterocycles. The van der Waals surface area contributed by atoms with Gasteiger partial charge in [0.15, 0.2) is 0 Å². The molecule has 0 aliphatic heterocycles. The average molecular weight is 403 g/mol. The van der Waals surface area contributed by atoms with Crippen LogP contribution in [0.25, 0.3) is 0 Å². The Balaban J connectivity index is 1.50. The van der Waals surface area contributed by atoms with Crippen molar-refractivity contribution in [2.24, 2.45) is 52.8 Å². The van der Waals surface area contributed by atoms with Crippen LogP contribution in [0.5, 0.6) is 0 Å². The minimum absolute atomic E-state index is 0.109. The molecule has 29 heavy (non-hydrogen) atoms. The highest BCUT2D eigenvalue weighted by Gasteiger charge is 2.57. The summed E-state index contributed by atoms with van der Waals surface area (Å²) in [6, 6.07) is 0. The van der Waals surface area contributed by atoms with Crippen molar-refractivity contribution < 1.29 is 10.2 Å². The van der Waals surface area contributed by atoms with Crippen molar-refractivity contribution in [3.63, 3.8) is 0 Å². The lowest BCUT2D eigenvalue weighted by atomic mass is 9.50. The average Bonchev–Trinajstić information content (AvgIpc) is 3.02. The number of fused-ring (bicyclic) bond motifs is 5. The first kappa shape index (κ1) is 21.9. The summed E-state index contributed by atoms with van der Waals surface area (Å²) in [6.07, 6.45) is 13.0. The standard InChI is InChI=1S/C27H46O2/c1-16(2)6-11-25(29)18(4)23-9-10-24-21-8-7-19-15-20(28)14-17(3)26(19)22(21)12-13-27(23,24)5/h7,16-18,20-26,28-29H,6,8-15H2,1-5H3/t17-,18+,20+,21?,22?,23?,24?,25?,26?,27-/m1/s1. The summed E-state index contributed by atoms with van der Waals surface area (Å²) in [5.74, 6) is 5.68. The van der Waals surface area contributed by atoms with Gasteiger partial charge in [-0.05, 0) is 111 Å². The van der Waals surface area contributed by atoms with Crippen molar-refractivity contribution in [3.8, 4) is 0 Å². The van der Waals surface area contributed by atoms with E-state index in [1.807, 2.05) is 0 Å². The van der Waals surface area contributed by atoms with Crippen molar-refractivity contribution in [2.75, 3.05) is 0 Å². The van der Waals surface area contributed by atoms with Gasteiger partial charge >= 0.3 is 0 Å². The minimum Gasteiger partial charge on any atom is -0.393 e. The molecular formula is C27H46O2. The Morgan fingerprint density at radius 2 is 1.86 bits per heavy atom. The lowest BCUT2D eigenvalue weighted by Crippen LogP contribution is -2.49. The number of aliphatic hydroxyl groups is 2. The summed E-state index contributed by atoms with van der Waals surface area (Å²) in [7, 11) is 0. The molecule has 166 valence electrons. The molecule has 2 N–H and O–H groups in total. The van der Waals surface area contributed by atoms with Gasteiger partial charge in [0.2, 0.25) is 0 Å². The van der Waals surface area contributed by atoms with Gasteiger partial charge in [-0.25, -0.2) is 0 Å². The van der Waals surface area contributed by atoms with Crippen LogP contribution < -0.4 is 0 Å². The van der Waals surface area contributed by atoms with Gasteiger partial charge in [-0.2, -0.15) is 0 Å². The highest BCUT2D eigenvalue weighted by molar-refractivity contribution is 5.21. The summed E-state index contributed by atoms with van der Waals surface area (Å²) in [4.78, 5) is 0. The van der Waals surface area contributed by atoms with E-state index >= 15 is 0 Å². The first-order valence-corrected chi connectivity index (χ1v) is 12.8. The second kappa shape index (κ2) is 8.30. The third-order valence-electron chi connectivity index (χ3n) is 10.1. The van der Waals surface area contributed by atoms with Crippen LogP contribution in [0.3, 0.4) is 0 Å². The molecule has 0 amide bonds. The van der Waals surface area contributed by atoms with Crippen molar-refractivity contribution in [3.05, 3.63) is 11.6 Å². The van der Waals surface area contributed by atoms with Crippen molar-refractivity contribution >= 4 is 0 Å². The number of aliphatic hydroxyl groups excluding tert-OH is 2. The zero-order valence-corrected chi connectivity index (χ0v) is 19.6. The Morgan fingerprint density at radius 3 is 2.59 bits per heavy atom. The van der Waals surface area contributed by atoms with Gasteiger partial charge in [-0.15, -0.1) is 0 Å². The van der Waals surface area contributed by atoms with Gasteiger partial charge in [0, 0.05) is 0 Å². The summed E-state index contributed by atoms with van der Waals surface area (Å²) in [6.45, 7) is 11.9. The van der Waals surface area contributed by atoms with E-state index in [4.69, 9.17) is 0 Å². The van der Waals surface area contributed by atoms with Crippen LogP contribution in [0.2, 0.25) is 0 Å². The molecule has 0 aromatic rings. The fraction of sp³-hybridized carbons (Fsp3) is 0.926. The Labute approximate surface area is 179 Å². The van der Waals surface area contributed by atoms with Crippen molar-refractivity contribution in [1.29, 1.82) is 0 Å². The first-order valence-electron chi connectivity index (χ1n) is 12.8. The van der Waals surface area contributed by atoms with Crippen molar-refractivity contribution in [1.82, 2.24) is 0 Å². The monoisotopic (exact) mass is 402 g/mol. The third-order valence-corrected chi connectivity index (χ3v) is 10.1. The van der Waals surface area contributed by atoms with E-state index in [0.29, 0.717) is 29.1 Å². The summed E-state index contributed by atoms with van der Waals surface area (Å²) in [5, 5.41) is 21.2. The van der Waals surface area contributed by atoms with Gasteiger partial charge in [0.05, 0.1) is 12.2 Å². The summed E-state index contributed by atoms with van der Waals surface area (Å²) < 4.78 is 0. The molecule has 0 saturated heterocycles. The molecule has 4 rings (SSSR count). The molecule has 6 unspecified atom stereocenters. The van der Waals surface area contributed by atoms with Gasteiger partial charge in [0.1, 0.15) is 0 Å². The molecule has 4 aliphatic carbocycles. The molecule has 0 spiro atoms. The maximum absolute atomic E-state index is 10.9. The molecule has 3 saturated carbocycles. The summed E-state index contributed by atoms with van der Waals surface area (Å²) >= 11 is 0. The molecule has 3 fully saturated rings. The Bertz CT molecular complexity index is 610. The lowest BCUT2D eigenvalue weighted by molar-refractivity contribution is -0.0546. The van der Waals surface area contributed by atoms with E-state index in [2.05, 4.69) is 40.7 Å². The molecule has 2 nitrogen and oxygen atoms in total. The first-order chi connectivity index (χ1) is 13.7. The van der Waals surface area contributed by atoms with Crippen LogP contribution in [0, 0.1) is 52.8 Å². The minimum atomic E-state index is -0.131. The van der Waals surface area contributed by atoms with Crippen molar-refractivity contribution in [2.45, 2.75) is 105 Å². The largest absolute Gasteiger partial charge is 0.393 e. The van der Waals surface area contributed by atoms with Crippen LogP contribution in [-0.2, 0) is 0 Å². The smallest absolute Gasteiger partial charge is 0.0580 e. The lowest BCUT2D eigenvalue weighted by Gasteiger charge is -2.55. The van der Waals surface area contributed by atoms with Gasteiger partial charge < -0.3 is 10.2 Å². The topological polar surface area (TPSA) is 40.5 Å². The van der Waals surface area contributed by atoms with E-state index in [-0.39, 0.29) is 12.2 Å². The maximum atomic E-state index is 10.9. The molecule has 4 aliphatic rings. The second-order valence-electron chi connectivity index (χ2n) is 12.2. The quantitative estimate of drug-likeness (QED) is 0.536. The van der Waals surface area contributed by atoms with E-state index in [1.54, 1.807) is 5.57 Å². The Hall–Kier alpha value is -0.340. The predicted molar refractivity (Wildman–Crippen MR) is 120 cm³/mol. The Morgan fingerprint density at radius 1 is 1.10 bits per heavy atom. The number of hydrogen-bond donors (Lipinski definition) is 2. The second-order valence-corrected chi connectivity index (χ2v) is 12.2. The van der Waals surface area contributed by atoms with Crippen LogP contribution in [0.1, 0.15) is 92.4 Å². The number of allylic oxidation sites excluding steroid dienone is 1. The predicted octanol–water partition coefficient (Wildman–Crippen LogP) is 6.22. The normalized spacial score (nSPS) is 46.5. The molecule has 0 bridgehead atoms. The van der Waals surface area contributed by atoms with Crippen LogP contribution in [-0.4, -0.2) is 22.4 Å². The van der Waals surface area contributed by atoms with Crippen LogP contribution in [0.15, 0.2) is 11.6 Å². The highest BCUT2D eigenvalue weighted by Crippen LogP contribution is 2.65. The maximum Gasteiger partial charge on any atom is 0.0580 e. The summed E-state index contributed by atoms with van der Waals surface area (Å²) in [5.41, 5.74) is 2.01. The number of rotatable bonds is 5. The fourth-order valence-electron chi connectivity index (χ4n) is 8.68. The van der Waals surface area contributed by atoms with E-state index in [9.17, 15) is 10.2 Å². The zero-order valence-electron chi connectivity index (χ0n) is 19.6. The van der Waals surface area contributed by atoms with Crippen LogP contribution in [0.4, 0.5) is 0 Å².